The van der Waals surface area contributed by atoms with E-state index in [0.717, 1.165) is 32.2 Å². The van der Waals surface area contributed by atoms with Gasteiger partial charge in [-0.15, -0.1) is 0 Å². The van der Waals surface area contributed by atoms with Crippen molar-refractivity contribution in [1.82, 2.24) is 30.2 Å². The predicted octanol–water partition coefficient (Wildman–Crippen LogP) is 4.03. The number of aliphatic hydroxyl groups is 1. The fourth-order valence-electron chi connectivity index (χ4n) is 3.99. The van der Waals surface area contributed by atoms with Crippen molar-refractivity contribution in [3.63, 3.8) is 0 Å². The van der Waals surface area contributed by atoms with Crippen molar-refractivity contribution in [3.05, 3.63) is 53.9 Å². The molecule has 11 nitrogen and oxygen atoms in total. The van der Waals surface area contributed by atoms with E-state index in [-0.39, 0.29) is 28.7 Å². The Morgan fingerprint density at radius 1 is 1.23 bits per heavy atom. The molecule has 1 amide bonds. The molecule has 4 rings (SSSR count). The van der Waals surface area contributed by atoms with Crippen LogP contribution in [0.5, 0.6) is 0 Å². The number of carbonyl (C=O) groups excluding carboxylic acids is 1. The van der Waals surface area contributed by atoms with Crippen LogP contribution < -0.4 is 15.5 Å². The molecule has 1 aromatic carbocycles. The van der Waals surface area contributed by atoms with E-state index in [9.17, 15) is 14.3 Å². The third kappa shape index (κ3) is 7.02. The first-order chi connectivity index (χ1) is 18.5. The topological polar surface area (TPSA) is 143 Å². The summed E-state index contributed by atoms with van der Waals surface area (Å²) in [7, 11) is 1.92. The van der Waals surface area contributed by atoms with Gasteiger partial charge in [-0.25, -0.2) is 24.3 Å². The number of likely N-dealkylation sites (tertiary alicyclic amines) is 1. The second-order valence-electron chi connectivity index (χ2n) is 10.6. The summed E-state index contributed by atoms with van der Waals surface area (Å²) in [6, 6.07) is 3.78. The lowest BCUT2D eigenvalue weighted by Gasteiger charge is -2.21. The molecule has 1 aliphatic rings. The van der Waals surface area contributed by atoms with Crippen molar-refractivity contribution in [2.75, 3.05) is 43.4 Å². The molecule has 206 valence electrons. The number of hydrogen-bond donors (Lipinski definition) is 4. The van der Waals surface area contributed by atoms with E-state index in [2.05, 4.69) is 35.5 Å². The van der Waals surface area contributed by atoms with Crippen LogP contribution in [-0.2, 0) is 0 Å². The van der Waals surface area contributed by atoms with E-state index in [4.69, 9.17) is 5.41 Å². The second-order valence-corrected chi connectivity index (χ2v) is 10.6. The first-order valence-corrected chi connectivity index (χ1v) is 12.8. The normalized spacial score (nSPS) is 14.4. The number of rotatable bonds is 8. The molecule has 0 bridgehead atoms. The van der Waals surface area contributed by atoms with Gasteiger partial charge in [-0.2, -0.15) is 0 Å². The molecule has 1 saturated heterocycles. The van der Waals surface area contributed by atoms with E-state index in [1.54, 1.807) is 27.0 Å². The van der Waals surface area contributed by atoms with Crippen molar-refractivity contribution in [2.24, 2.45) is 5.41 Å². The first-order valence-electron chi connectivity index (χ1n) is 12.8. The van der Waals surface area contributed by atoms with E-state index in [0.29, 0.717) is 17.0 Å². The highest BCUT2D eigenvalue weighted by Gasteiger charge is 2.19. The van der Waals surface area contributed by atoms with E-state index < -0.39 is 17.1 Å². The number of nitrogens with zero attached hydrogens (tertiary/aromatic N) is 6. The van der Waals surface area contributed by atoms with Gasteiger partial charge in [0.25, 0.3) is 5.91 Å². The van der Waals surface area contributed by atoms with Crippen LogP contribution in [0.1, 0.15) is 44.0 Å². The molecule has 4 N–H and O–H groups in total. The lowest BCUT2D eigenvalue weighted by Crippen LogP contribution is -2.32. The fourth-order valence-corrected chi connectivity index (χ4v) is 3.99. The van der Waals surface area contributed by atoms with Crippen molar-refractivity contribution in [1.29, 1.82) is 5.41 Å². The number of hydrogen-bond acceptors (Lipinski definition) is 10. The zero-order valence-corrected chi connectivity index (χ0v) is 22.6. The SMILES string of the molecule is CN(CCN1CCCC1)c1ncc2ncnc(Nc3cc(C(=O)NC(=N)/C=C(\O)C(C)(C)C)ccc3F)c2n1. The molecule has 0 aliphatic carbocycles. The van der Waals surface area contributed by atoms with Gasteiger partial charge in [0.15, 0.2) is 5.82 Å². The Kier molecular flexibility index (Phi) is 8.34. The Labute approximate surface area is 226 Å². The highest BCUT2D eigenvalue weighted by Crippen LogP contribution is 2.26. The van der Waals surface area contributed by atoms with E-state index >= 15 is 0 Å². The number of nitrogens with one attached hydrogen (secondary N) is 3. The summed E-state index contributed by atoms with van der Waals surface area (Å²) < 4.78 is 14.8. The third-order valence-corrected chi connectivity index (χ3v) is 6.44. The van der Waals surface area contributed by atoms with Crippen molar-refractivity contribution >= 4 is 40.2 Å². The number of carbonyl (C=O) groups is 1. The summed E-state index contributed by atoms with van der Waals surface area (Å²) in [5, 5.41) is 23.4. The van der Waals surface area contributed by atoms with Gasteiger partial charge in [0, 0.05) is 37.2 Å². The van der Waals surface area contributed by atoms with Crippen molar-refractivity contribution in [2.45, 2.75) is 33.6 Å². The largest absolute Gasteiger partial charge is 0.512 e. The van der Waals surface area contributed by atoms with Gasteiger partial charge >= 0.3 is 0 Å². The molecule has 1 aliphatic heterocycles. The van der Waals surface area contributed by atoms with Gasteiger partial charge in [0.05, 0.1) is 11.9 Å². The minimum absolute atomic E-state index is 0.00446. The number of fused-ring (bicyclic) bond motifs is 1. The predicted molar refractivity (Wildman–Crippen MR) is 149 cm³/mol. The van der Waals surface area contributed by atoms with Crippen LogP contribution in [0.3, 0.4) is 0 Å². The minimum atomic E-state index is -0.627. The summed E-state index contributed by atoms with van der Waals surface area (Å²) in [5.41, 5.74) is 0.440. The monoisotopic (exact) mass is 535 g/mol. The first kappa shape index (κ1) is 27.8. The summed E-state index contributed by atoms with van der Waals surface area (Å²) in [5.74, 6) is -0.801. The Balaban J connectivity index is 1.53. The van der Waals surface area contributed by atoms with Crippen LogP contribution in [-0.4, -0.2) is 74.9 Å². The number of amides is 1. The molecule has 0 unspecified atom stereocenters. The van der Waals surface area contributed by atoms with Crippen LogP contribution in [0.4, 0.5) is 21.8 Å². The van der Waals surface area contributed by atoms with Crippen LogP contribution in [0, 0.1) is 16.6 Å². The summed E-state index contributed by atoms with van der Waals surface area (Å²) >= 11 is 0. The number of likely N-dealkylation sites (N-methyl/N-ethyl adjacent to an activating group) is 1. The van der Waals surface area contributed by atoms with Crippen molar-refractivity contribution in [3.8, 4) is 0 Å². The van der Waals surface area contributed by atoms with Gasteiger partial charge < -0.3 is 25.5 Å². The molecule has 0 spiro atoms. The minimum Gasteiger partial charge on any atom is -0.512 e. The number of halogens is 1. The number of amidine groups is 1. The summed E-state index contributed by atoms with van der Waals surface area (Å²) in [4.78, 5) is 34.6. The average Bonchev–Trinajstić information content (AvgIpc) is 3.41. The smallest absolute Gasteiger partial charge is 0.256 e. The quantitative estimate of drug-likeness (QED) is 0.191. The Hall–Kier alpha value is -4.19. The maximum absolute atomic E-state index is 14.8. The van der Waals surface area contributed by atoms with Crippen molar-refractivity contribution < 1.29 is 14.3 Å². The van der Waals surface area contributed by atoms with Crippen LogP contribution >= 0.6 is 0 Å². The Bertz CT molecular complexity index is 1400. The van der Waals surface area contributed by atoms with Crippen LogP contribution in [0.15, 0.2) is 42.6 Å². The van der Waals surface area contributed by atoms with E-state index in [1.807, 2.05) is 11.9 Å². The fraction of sp³-hybridized carbons (Fsp3) is 0.407. The molecule has 0 saturated carbocycles. The number of aromatic nitrogens is 4. The average molecular weight is 536 g/mol. The zero-order valence-electron chi connectivity index (χ0n) is 22.6. The zero-order chi connectivity index (χ0) is 28.2. The molecule has 2 aromatic heterocycles. The van der Waals surface area contributed by atoms with Gasteiger partial charge in [0.2, 0.25) is 5.95 Å². The second kappa shape index (κ2) is 11.7. The van der Waals surface area contributed by atoms with Crippen LogP contribution in [0.25, 0.3) is 11.0 Å². The van der Waals surface area contributed by atoms with Gasteiger partial charge in [0.1, 0.15) is 34.8 Å². The molecule has 0 atom stereocenters. The maximum Gasteiger partial charge on any atom is 0.256 e. The lowest BCUT2D eigenvalue weighted by molar-refractivity contribution is 0.0977. The van der Waals surface area contributed by atoms with E-state index in [1.165, 1.54) is 37.4 Å². The summed E-state index contributed by atoms with van der Waals surface area (Å²) in [6.45, 7) is 9.22. The Morgan fingerprint density at radius 3 is 2.69 bits per heavy atom. The van der Waals surface area contributed by atoms with Gasteiger partial charge in [-0.3, -0.25) is 10.2 Å². The maximum atomic E-state index is 14.8. The summed E-state index contributed by atoms with van der Waals surface area (Å²) in [6.07, 6.45) is 6.55. The standard InChI is InChI=1S/C27H34FN9O2/c1-27(2,3)21(38)14-22(29)34-25(39)17-7-8-18(28)19(13-17)33-24-23-20(31-16-32-24)15-30-26(35-23)36(4)11-12-37-9-5-6-10-37/h7-8,13-16,38H,5-6,9-12H2,1-4H3,(H2,29,34,39)(H,31,32,33)/b21-14-. The molecule has 0 radical (unpaired) electrons. The third-order valence-electron chi connectivity index (χ3n) is 6.44. The molecule has 3 heterocycles. The van der Waals surface area contributed by atoms with Crippen LogP contribution in [0.2, 0.25) is 0 Å². The number of allylic oxidation sites excluding steroid dienone is 1. The Morgan fingerprint density at radius 2 is 1.97 bits per heavy atom. The molecule has 12 heteroatoms. The molecular weight excluding hydrogens is 501 g/mol. The highest BCUT2D eigenvalue weighted by molar-refractivity contribution is 6.09. The van der Waals surface area contributed by atoms with Gasteiger partial charge in [-0.1, -0.05) is 20.8 Å². The number of anilines is 3. The highest BCUT2D eigenvalue weighted by atomic mass is 19.1. The number of aliphatic hydroxyl groups excluding tert-OH is 1. The number of benzene rings is 1. The lowest BCUT2D eigenvalue weighted by atomic mass is 9.93. The molecule has 3 aromatic rings. The van der Waals surface area contributed by atoms with Gasteiger partial charge in [-0.05, 0) is 44.1 Å². The molecule has 1 fully saturated rings. The molecule has 39 heavy (non-hydrogen) atoms. The molecular formula is C27H34FN9O2.